The number of nitrogens with two attached hydrogens (primary N) is 1. The molecule has 1 saturated heterocycles. The van der Waals surface area contributed by atoms with E-state index in [1.807, 2.05) is 27.7 Å². The first kappa shape index (κ1) is 17.2. The Bertz CT molecular complexity index is 329. The van der Waals surface area contributed by atoms with Crippen molar-refractivity contribution in [1.29, 1.82) is 0 Å². The van der Waals surface area contributed by atoms with Gasteiger partial charge in [-0.15, -0.1) is 0 Å². The van der Waals surface area contributed by atoms with E-state index in [1.165, 1.54) is 0 Å². The van der Waals surface area contributed by atoms with Gasteiger partial charge < -0.3 is 20.9 Å². The summed E-state index contributed by atoms with van der Waals surface area (Å²) in [5, 5.41) is 21.7. The molecule has 6 heteroatoms. The SMILES string of the molecule is CC(C)(O)CN1CCN(CCC(C)(C)C(N)=NO)CC1. The third-order valence-electron chi connectivity index (χ3n) is 3.93. The fraction of sp³-hybridized carbons (Fsp3) is 0.929. The average Bonchev–Trinajstić information content (AvgIpc) is 2.35. The fourth-order valence-corrected chi connectivity index (χ4v) is 2.42. The molecule has 0 saturated carbocycles. The van der Waals surface area contributed by atoms with Gasteiger partial charge in [0.15, 0.2) is 0 Å². The summed E-state index contributed by atoms with van der Waals surface area (Å²) < 4.78 is 0. The molecule has 1 aliphatic rings. The van der Waals surface area contributed by atoms with Crippen LogP contribution in [0.4, 0.5) is 0 Å². The van der Waals surface area contributed by atoms with Crippen LogP contribution in [0.15, 0.2) is 5.16 Å². The highest BCUT2D eigenvalue weighted by Gasteiger charge is 2.26. The lowest BCUT2D eigenvalue weighted by Gasteiger charge is -2.38. The lowest BCUT2D eigenvalue weighted by molar-refractivity contribution is 0.0170. The minimum atomic E-state index is -0.629. The third-order valence-corrected chi connectivity index (χ3v) is 3.93. The Kier molecular flexibility index (Phi) is 5.79. The van der Waals surface area contributed by atoms with Gasteiger partial charge in [0.05, 0.1) is 5.60 Å². The molecule has 0 unspecified atom stereocenters. The van der Waals surface area contributed by atoms with Crippen molar-refractivity contribution in [2.45, 2.75) is 39.7 Å². The molecular formula is C14H30N4O2. The Hall–Kier alpha value is -0.850. The van der Waals surface area contributed by atoms with Crippen LogP contribution in [0.3, 0.4) is 0 Å². The topological polar surface area (TPSA) is 85.3 Å². The van der Waals surface area contributed by atoms with Crippen LogP contribution in [0.25, 0.3) is 0 Å². The van der Waals surface area contributed by atoms with Gasteiger partial charge in [0.1, 0.15) is 5.84 Å². The molecule has 1 fully saturated rings. The van der Waals surface area contributed by atoms with Crippen molar-refractivity contribution in [3.8, 4) is 0 Å². The van der Waals surface area contributed by atoms with Crippen molar-refractivity contribution in [3.63, 3.8) is 0 Å². The summed E-state index contributed by atoms with van der Waals surface area (Å²) in [5.74, 6) is 0.290. The van der Waals surface area contributed by atoms with Crippen LogP contribution in [0.5, 0.6) is 0 Å². The Morgan fingerprint density at radius 1 is 1.10 bits per heavy atom. The van der Waals surface area contributed by atoms with Crippen LogP contribution in [-0.4, -0.2) is 70.8 Å². The number of amidine groups is 1. The molecule has 0 aromatic rings. The molecule has 20 heavy (non-hydrogen) atoms. The van der Waals surface area contributed by atoms with E-state index in [9.17, 15) is 5.11 Å². The first-order valence-electron chi connectivity index (χ1n) is 7.29. The highest BCUT2D eigenvalue weighted by molar-refractivity contribution is 5.85. The maximum Gasteiger partial charge on any atom is 0.144 e. The Morgan fingerprint density at radius 3 is 2.05 bits per heavy atom. The summed E-state index contributed by atoms with van der Waals surface area (Å²) in [6.45, 7) is 13.3. The lowest BCUT2D eigenvalue weighted by atomic mass is 9.88. The van der Waals surface area contributed by atoms with E-state index in [2.05, 4.69) is 15.0 Å². The molecule has 118 valence electrons. The summed E-state index contributed by atoms with van der Waals surface area (Å²) in [4.78, 5) is 4.69. The second kappa shape index (κ2) is 6.74. The molecule has 1 aliphatic heterocycles. The molecule has 0 amide bonds. The first-order chi connectivity index (χ1) is 9.14. The molecule has 4 N–H and O–H groups in total. The van der Waals surface area contributed by atoms with Crippen molar-refractivity contribution >= 4 is 5.84 Å². The van der Waals surface area contributed by atoms with Crippen molar-refractivity contribution < 1.29 is 10.3 Å². The van der Waals surface area contributed by atoms with Crippen molar-refractivity contribution in [1.82, 2.24) is 9.80 Å². The number of rotatable bonds is 6. The van der Waals surface area contributed by atoms with Crippen LogP contribution in [0.1, 0.15) is 34.1 Å². The molecule has 0 aromatic carbocycles. The van der Waals surface area contributed by atoms with Crippen molar-refractivity contribution in [2.24, 2.45) is 16.3 Å². The van der Waals surface area contributed by atoms with Gasteiger partial charge in [-0.1, -0.05) is 19.0 Å². The highest BCUT2D eigenvalue weighted by atomic mass is 16.4. The first-order valence-corrected chi connectivity index (χ1v) is 7.29. The minimum absolute atomic E-state index is 0.279. The monoisotopic (exact) mass is 286 g/mol. The van der Waals surface area contributed by atoms with Gasteiger partial charge >= 0.3 is 0 Å². The van der Waals surface area contributed by atoms with Gasteiger partial charge in [-0.25, -0.2) is 0 Å². The average molecular weight is 286 g/mol. The van der Waals surface area contributed by atoms with Gasteiger partial charge in [-0.2, -0.15) is 0 Å². The number of oxime groups is 1. The van der Waals surface area contributed by atoms with Gasteiger partial charge in [-0.05, 0) is 26.8 Å². The third kappa shape index (κ3) is 5.64. The fourth-order valence-electron chi connectivity index (χ4n) is 2.42. The molecule has 0 spiro atoms. The van der Waals surface area contributed by atoms with Crippen LogP contribution < -0.4 is 5.73 Å². The highest BCUT2D eigenvalue weighted by Crippen LogP contribution is 2.21. The minimum Gasteiger partial charge on any atom is -0.409 e. The number of hydrogen-bond donors (Lipinski definition) is 3. The maximum absolute atomic E-state index is 9.83. The number of β-amino-alcohol motifs (C(OH)–C–C–N with tert-alkyl or cyclic N) is 1. The number of aliphatic hydroxyl groups is 1. The Balaban J connectivity index is 2.33. The van der Waals surface area contributed by atoms with Crippen molar-refractivity contribution in [2.75, 3.05) is 39.3 Å². The van der Waals surface area contributed by atoms with Crippen LogP contribution >= 0.6 is 0 Å². The van der Waals surface area contributed by atoms with E-state index < -0.39 is 5.60 Å². The molecule has 6 nitrogen and oxygen atoms in total. The van der Waals surface area contributed by atoms with Crippen LogP contribution in [-0.2, 0) is 0 Å². The molecule has 1 heterocycles. The van der Waals surface area contributed by atoms with Crippen LogP contribution in [0.2, 0.25) is 0 Å². The lowest BCUT2D eigenvalue weighted by Crippen LogP contribution is -2.51. The predicted molar refractivity (Wildman–Crippen MR) is 81.0 cm³/mol. The Morgan fingerprint density at radius 2 is 1.60 bits per heavy atom. The van der Waals surface area contributed by atoms with Gasteiger partial charge in [-0.3, -0.25) is 4.90 Å². The second-order valence-corrected chi connectivity index (χ2v) is 7.05. The largest absolute Gasteiger partial charge is 0.409 e. The van der Waals surface area contributed by atoms with E-state index in [0.717, 1.165) is 45.7 Å². The standard InChI is InChI=1S/C14H30N4O2/c1-13(2,12(15)16-20)5-6-17-7-9-18(10-8-17)11-14(3,4)19/h19-20H,5-11H2,1-4H3,(H2,15,16). The molecule has 0 aliphatic carbocycles. The van der Waals surface area contributed by atoms with Crippen molar-refractivity contribution in [3.05, 3.63) is 0 Å². The summed E-state index contributed by atoms with van der Waals surface area (Å²) in [6, 6.07) is 0. The van der Waals surface area contributed by atoms with Gasteiger partial charge in [0.25, 0.3) is 0 Å². The zero-order valence-electron chi connectivity index (χ0n) is 13.3. The maximum atomic E-state index is 9.83. The van der Waals surface area contributed by atoms with E-state index in [0.29, 0.717) is 0 Å². The van der Waals surface area contributed by atoms with E-state index >= 15 is 0 Å². The predicted octanol–water partition coefficient (Wildman–Crippen LogP) is 0.538. The molecule has 0 atom stereocenters. The van der Waals surface area contributed by atoms with E-state index in [4.69, 9.17) is 10.9 Å². The zero-order chi connectivity index (χ0) is 15.4. The number of nitrogens with zero attached hydrogens (tertiary/aromatic N) is 3. The normalized spacial score (nSPS) is 20.4. The van der Waals surface area contributed by atoms with Gasteiger partial charge in [0.2, 0.25) is 0 Å². The van der Waals surface area contributed by atoms with Crippen LogP contribution in [0, 0.1) is 5.41 Å². The molecule has 0 radical (unpaired) electrons. The molecule has 1 rings (SSSR count). The van der Waals surface area contributed by atoms with Gasteiger partial charge in [0, 0.05) is 38.1 Å². The molecular weight excluding hydrogens is 256 g/mol. The Labute approximate surface area is 122 Å². The van der Waals surface area contributed by atoms with E-state index in [1.54, 1.807) is 0 Å². The summed E-state index contributed by atoms with van der Waals surface area (Å²) in [6.07, 6.45) is 0.869. The quantitative estimate of drug-likeness (QED) is 0.287. The molecule has 0 bridgehead atoms. The summed E-state index contributed by atoms with van der Waals surface area (Å²) >= 11 is 0. The molecule has 0 aromatic heterocycles. The summed E-state index contributed by atoms with van der Waals surface area (Å²) in [5.41, 5.74) is 4.80. The smallest absolute Gasteiger partial charge is 0.144 e. The summed E-state index contributed by atoms with van der Waals surface area (Å²) in [7, 11) is 0. The second-order valence-electron chi connectivity index (χ2n) is 7.05. The number of hydrogen-bond acceptors (Lipinski definition) is 5. The number of piperazine rings is 1. The zero-order valence-corrected chi connectivity index (χ0v) is 13.3. The van der Waals surface area contributed by atoms with E-state index in [-0.39, 0.29) is 11.3 Å².